The number of piperidine rings is 1. The molecule has 28 heavy (non-hydrogen) atoms. The summed E-state index contributed by atoms with van der Waals surface area (Å²) in [5.41, 5.74) is 3.62. The van der Waals surface area contributed by atoms with E-state index in [2.05, 4.69) is 20.6 Å². The summed E-state index contributed by atoms with van der Waals surface area (Å²) in [7, 11) is 2.01. The van der Waals surface area contributed by atoms with Gasteiger partial charge in [-0.1, -0.05) is 18.2 Å². The summed E-state index contributed by atoms with van der Waals surface area (Å²) in [6.07, 6.45) is 3.56. The molecular weight excluding hydrogens is 350 g/mol. The van der Waals surface area contributed by atoms with Crippen LogP contribution in [0.5, 0.6) is 0 Å². The number of hydrogen-bond donors (Lipinski definition) is 2. The zero-order chi connectivity index (χ0) is 20.1. The molecule has 6 heteroatoms. The summed E-state index contributed by atoms with van der Waals surface area (Å²) in [4.78, 5) is 15.2. The van der Waals surface area contributed by atoms with E-state index in [1.165, 1.54) is 19.3 Å². The minimum absolute atomic E-state index is 0.0486. The maximum Gasteiger partial charge on any atom is 0.241 e. The Balaban J connectivity index is 1.63. The van der Waals surface area contributed by atoms with Crippen molar-refractivity contribution in [1.29, 1.82) is 0 Å². The smallest absolute Gasteiger partial charge is 0.241 e. The number of para-hydroxylation sites is 1. The van der Waals surface area contributed by atoms with Crippen molar-refractivity contribution in [2.24, 2.45) is 5.92 Å². The number of amides is 1. The molecule has 1 aromatic heterocycles. The lowest BCUT2D eigenvalue weighted by Crippen LogP contribution is -2.46. The second kappa shape index (κ2) is 9.34. The number of likely N-dealkylation sites (tertiary alicyclic amines) is 1. The van der Waals surface area contributed by atoms with Crippen LogP contribution in [0.3, 0.4) is 0 Å². The Morgan fingerprint density at radius 2 is 1.89 bits per heavy atom. The van der Waals surface area contributed by atoms with E-state index in [0.29, 0.717) is 0 Å². The number of carbonyl (C=O) groups is 1. The van der Waals surface area contributed by atoms with Crippen LogP contribution in [0, 0.1) is 19.8 Å². The maximum absolute atomic E-state index is 12.9. The number of aryl methyl sites for hydroxylation is 1. The summed E-state index contributed by atoms with van der Waals surface area (Å²) in [5, 5.41) is 11.0. The predicted octanol–water partition coefficient (Wildman–Crippen LogP) is 3.14. The summed E-state index contributed by atoms with van der Waals surface area (Å²) >= 11 is 0. The highest BCUT2D eigenvalue weighted by Crippen LogP contribution is 2.25. The lowest BCUT2D eigenvalue weighted by atomic mass is 9.93. The van der Waals surface area contributed by atoms with Gasteiger partial charge in [-0.3, -0.25) is 9.69 Å². The van der Waals surface area contributed by atoms with Gasteiger partial charge < -0.3 is 10.6 Å². The van der Waals surface area contributed by atoms with E-state index in [1.54, 1.807) is 0 Å². The van der Waals surface area contributed by atoms with Crippen molar-refractivity contribution < 1.29 is 4.79 Å². The Morgan fingerprint density at radius 3 is 2.54 bits per heavy atom. The Kier molecular flexibility index (Phi) is 6.86. The number of hydrogen-bond acceptors (Lipinski definition) is 4. The van der Waals surface area contributed by atoms with Gasteiger partial charge in [-0.05, 0) is 84.8 Å². The van der Waals surface area contributed by atoms with Gasteiger partial charge in [0.15, 0.2) is 0 Å². The first-order valence-corrected chi connectivity index (χ1v) is 10.3. The molecule has 0 saturated carbocycles. The highest BCUT2D eigenvalue weighted by Gasteiger charge is 2.27. The second-order valence-corrected chi connectivity index (χ2v) is 7.83. The zero-order valence-electron chi connectivity index (χ0n) is 17.5. The molecule has 2 aromatic rings. The minimum Gasteiger partial charge on any atom is -0.322 e. The summed E-state index contributed by atoms with van der Waals surface area (Å²) in [6.45, 7) is 9.01. The van der Waals surface area contributed by atoms with Gasteiger partial charge in [0.25, 0.3) is 0 Å². The van der Waals surface area contributed by atoms with E-state index in [4.69, 9.17) is 0 Å². The molecule has 2 N–H and O–H groups in total. The largest absolute Gasteiger partial charge is 0.322 e. The Bertz CT molecular complexity index is 778. The van der Waals surface area contributed by atoms with E-state index in [0.717, 1.165) is 48.3 Å². The van der Waals surface area contributed by atoms with Gasteiger partial charge in [0.1, 0.15) is 0 Å². The fourth-order valence-electron chi connectivity index (χ4n) is 4.02. The number of nitrogens with zero attached hydrogens (tertiary/aromatic N) is 3. The molecule has 1 atom stereocenters. The van der Waals surface area contributed by atoms with Crippen LogP contribution in [0.2, 0.25) is 0 Å². The van der Waals surface area contributed by atoms with Crippen LogP contribution in [0.4, 0.5) is 5.69 Å². The lowest BCUT2D eigenvalue weighted by molar-refractivity contribution is -0.121. The Morgan fingerprint density at radius 1 is 1.21 bits per heavy atom. The summed E-state index contributed by atoms with van der Waals surface area (Å²) in [6, 6.07) is 9.88. The van der Waals surface area contributed by atoms with Gasteiger partial charge in [-0.15, -0.1) is 0 Å². The van der Waals surface area contributed by atoms with Gasteiger partial charge in [0.2, 0.25) is 5.91 Å². The fraction of sp³-hybridized carbons (Fsp3) is 0.545. The third kappa shape index (κ3) is 4.62. The van der Waals surface area contributed by atoms with E-state index < -0.39 is 0 Å². The van der Waals surface area contributed by atoms with Crippen molar-refractivity contribution in [3.63, 3.8) is 0 Å². The van der Waals surface area contributed by atoms with E-state index in [9.17, 15) is 4.79 Å². The summed E-state index contributed by atoms with van der Waals surface area (Å²) < 4.78 is 1.89. The van der Waals surface area contributed by atoms with Crippen molar-refractivity contribution in [3.05, 3.63) is 41.7 Å². The van der Waals surface area contributed by atoms with Crippen LogP contribution in [0.1, 0.15) is 37.6 Å². The Labute approximate surface area is 168 Å². The van der Waals surface area contributed by atoms with Crippen molar-refractivity contribution >= 4 is 11.6 Å². The van der Waals surface area contributed by atoms with Gasteiger partial charge in [-0.2, -0.15) is 5.10 Å². The molecule has 0 aliphatic carbocycles. The van der Waals surface area contributed by atoms with Crippen LogP contribution in [-0.4, -0.2) is 53.3 Å². The molecule has 1 fully saturated rings. The molecule has 1 unspecified atom stereocenters. The van der Waals surface area contributed by atoms with Crippen molar-refractivity contribution in [2.75, 3.05) is 32.0 Å². The highest BCUT2D eigenvalue weighted by atomic mass is 16.2. The molecule has 1 saturated heterocycles. The van der Waals surface area contributed by atoms with Gasteiger partial charge in [-0.25, -0.2) is 4.68 Å². The molecule has 1 aliphatic rings. The first-order valence-electron chi connectivity index (χ1n) is 10.3. The Hall–Kier alpha value is -2.18. The third-order valence-electron chi connectivity index (χ3n) is 5.92. The molecule has 1 aliphatic heterocycles. The number of aromatic nitrogens is 2. The van der Waals surface area contributed by atoms with E-state index in [1.807, 2.05) is 62.8 Å². The quantitative estimate of drug-likeness (QED) is 0.771. The molecule has 1 amide bonds. The number of anilines is 1. The van der Waals surface area contributed by atoms with E-state index in [-0.39, 0.29) is 11.9 Å². The van der Waals surface area contributed by atoms with Gasteiger partial charge in [0, 0.05) is 0 Å². The average molecular weight is 384 g/mol. The first-order chi connectivity index (χ1) is 13.5. The van der Waals surface area contributed by atoms with Crippen molar-refractivity contribution in [1.82, 2.24) is 20.0 Å². The van der Waals surface area contributed by atoms with Crippen LogP contribution in [0.15, 0.2) is 30.3 Å². The first kappa shape index (κ1) is 20.6. The molecule has 1 aromatic carbocycles. The van der Waals surface area contributed by atoms with Gasteiger partial charge >= 0.3 is 0 Å². The topological polar surface area (TPSA) is 62.2 Å². The number of nitrogens with one attached hydrogen (secondary N) is 2. The van der Waals surface area contributed by atoms with Crippen molar-refractivity contribution in [3.8, 4) is 5.69 Å². The predicted molar refractivity (Wildman–Crippen MR) is 114 cm³/mol. The molecule has 152 valence electrons. The molecular formula is C22H33N5O. The number of benzene rings is 1. The molecule has 3 rings (SSSR count). The van der Waals surface area contributed by atoms with Gasteiger partial charge in [0.05, 0.1) is 28.8 Å². The third-order valence-corrected chi connectivity index (χ3v) is 5.92. The monoisotopic (exact) mass is 383 g/mol. The average Bonchev–Trinajstić information content (AvgIpc) is 3.01. The number of rotatable bonds is 7. The lowest BCUT2D eigenvalue weighted by Gasteiger charge is -2.35. The molecule has 6 nitrogen and oxygen atoms in total. The molecule has 0 spiro atoms. The van der Waals surface area contributed by atoms with Crippen LogP contribution >= 0.6 is 0 Å². The van der Waals surface area contributed by atoms with E-state index >= 15 is 0 Å². The maximum atomic E-state index is 12.9. The van der Waals surface area contributed by atoms with Crippen LogP contribution < -0.4 is 10.6 Å². The second-order valence-electron chi connectivity index (χ2n) is 7.83. The number of carbonyl (C=O) groups excluding carboxylic acids is 1. The molecule has 0 radical (unpaired) electrons. The van der Waals surface area contributed by atoms with Crippen LogP contribution in [-0.2, 0) is 4.79 Å². The minimum atomic E-state index is -0.135. The molecule has 0 bridgehead atoms. The molecule has 2 heterocycles. The zero-order valence-corrected chi connectivity index (χ0v) is 17.5. The van der Waals surface area contributed by atoms with Crippen LogP contribution in [0.25, 0.3) is 5.69 Å². The highest BCUT2D eigenvalue weighted by molar-refractivity contribution is 5.95. The summed E-state index contributed by atoms with van der Waals surface area (Å²) in [5.74, 6) is 0.819. The van der Waals surface area contributed by atoms with Crippen molar-refractivity contribution in [2.45, 2.75) is 46.1 Å². The SMILES string of the molecule is CNCCC1CCN(C(C)C(=O)Nc2c(C)nn(-c3ccccc3)c2C)CC1. The normalized spacial score (nSPS) is 16.9. The standard InChI is InChI=1S/C22H33N5O/c1-16-21(17(2)27(25-16)20-8-6-5-7-9-20)24-22(28)18(3)26-14-11-19(12-15-26)10-13-23-4/h5-9,18-19,23H,10-15H2,1-4H3,(H,24,28). The fourth-order valence-corrected chi connectivity index (χ4v) is 4.02.